The summed E-state index contributed by atoms with van der Waals surface area (Å²) < 4.78 is 35.5. The highest BCUT2D eigenvalue weighted by Crippen LogP contribution is 2.27. The number of hydrogen-bond donors (Lipinski definition) is 1. The van der Waals surface area contributed by atoms with Crippen molar-refractivity contribution in [3.05, 3.63) is 53.1 Å². The molecule has 0 saturated heterocycles. The van der Waals surface area contributed by atoms with Gasteiger partial charge in [-0.05, 0) is 55.7 Å². The Balaban J connectivity index is 2.16. The maximum Gasteiger partial charge on any atom is 0.276 e. The number of methoxy groups -OCH3 is 2. The molecule has 26 heavy (non-hydrogen) atoms. The molecule has 140 valence electrons. The lowest BCUT2D eigenvalue weighted by molar-refractivity contribution is 0.354. The largest absolute Gasteiger partial charge is 0.493 e. The smallest absolute Gasteiger partial charge is 0.276 e. The summed E-state index contributed by atoms with van der Waals surface area (Å²) in [5.41, 5.74) is 3.12. The van der Waals surface area contributed by atoms with E-state index in [1.54, 1.807) is 40.2 Å². The summed E-state index contributed by atoms with van der Waals surface area (Å²) in [6.45, 7) is 5.38. The summed E-state index contributed by atoms with van der Waals surface area (Å²) >= 11 is 0. The van der Waals surface area contributed by atoms with Crippen molar-refractivity contribution in [2.45, 2.75) is 32.1 Å². The van der Waals surface area contributed by atoms with E-state index in [4.69, 9.17) is 9.47 Å². The molecule has 2 aromatic carbocycles. The Morgan fingerprint density at radius 2 is 1.73 bits per heavy atom. The van der Waals surface area contributed by atoms with Gasteiger partial charge in [0, 0.05) is 12.1 Å². The lowest BCUT2D eigenvalue weighted by Gasteiger charge is -2.10. The van der Waals surface area contributed by atoms with Crippen LogP contribution in [0.2, 0.25) is 0 Å². The van der Waals surface area contributed by atoms with Gasteiger partial charge in [-0.2, -0.15) is 13.5 Å². The molecule has 0 unspecified atom stereocenters. The van der Waals surface area contributed by atoms with E-state index < -0.39 is 10.0 Å². The zero-order valence-corrected chi connectivity index (χ0v) is 16.5. The lowest BCUT2D eigenvalue weighted by Crippen LogP contribution is -2.21. The highest BCUT2D eigenvalue weighted by atomic mass is 32.2. The fourth-order valence-electron chi connectivity index (χ4n) is 2.51. The minimum Gasteiger partial charge on any atom is -0.493 e. The average Bonchev–Trinajstić information content (AvgIpc) is 2.62. The number of aryl methyl sites for hydroxylation is 2. The van der Waals surface area contributed by atoms with Gasteiger partial charge in [0.2, 0.25) is 0 Å². The number of hydrogen-bond acceptors (Lipinski definition) is 5. The third kappa shape index (κ3) is 4.76. The Kier molecular flexibility index (Phi) is 6.26. The van der Waals surface area contributed by atoms with Crippen molar-refractivity contribution >= 4 is 15.7 Å². The number of sulfonamides is 1. The number of hydrazone groups is 1. The third-order valence-electron chi connectivity index (χ3n) is 3.90. The molecule has 0 saturated carbocycles. The molecule has 0 fully saturated rings. The summed E-state index contributed by atoms with van der Waals surface area (Å²) in [5.74, 6) is 1.26. The standard InChI is InChI=1S/C19H24N2O4S/c1-13-6-7-14(2)19(10-13)26(22,23)21-20-15(3)11-16-8-9-17(24-4)18(12-16)25-5/h6-10,12,21H,11H2,1-5H3/b20-15-. The van der Waals surface area contributed by atoms with Gasteiger partial charge in [0.25, 0.3) is 10.0 Å². The second-order valence-corrected chi connectivity index (χ2v) is 7.71. The van der Waals surface area contributed by atoms with Crippen LogP contribution >= 0.6 is 0 Å². The highest BCUT2D eigenvalue weighted by Gasteiger charge is 2.16. The minimum absolute atomic E-state index is 0.236. The predicted molar refractivity (Wildman–Crippen MR) is 103 cm³/mol. The van der Waals surface area contributed by atoms with E-state index in [1.807, 2.05) is 31.2 Å². The van der Waals surface area contributed by atoms with Crippen molar-refractivity contribution in [2.75, 3.05) is 14.2 Å². The molecule has 2 aromatic rings. The van der Waals surface area contributed by atoms with Crippen LogP contribution in [0.15, 0.2) is 46.4 Å². The second kappa shape index (κ2) is 8.23. The van der Waals surface area contributed by atoms with Crippen LogP contribution in [0.4, 0.5) is 0 Å². The summed E-state index contributed by atoms with van der Waals surface area (Å²) in [5, 5.41) is 4.04. The summed E-state index contributed by atoms with van der Waals surface area (Å²) in [6, 6.07) is 10.8. The molecule has 0 amide bonds. The van der Waals surface area contributed by atoms with Crippen molar-refractivity contribution in [3.63, 3.8) is 0 Å². The average molecular weight is 376 g/mol. The number of benzene rings is 2. The molecular weight excluding hydrogens is 352 g/mol. The maximum absolute atomic E-state index is 12.5. The Morgan fingerprint density at radius 1 is 1.04 bits per heavy atom. The van der Waals surface area contributed by atoms with Gasteiger partial charge >= 0.3 is 0 Å². The molecule has 0 aliphatic carbocycles. The van der Waals surface area contributed by atoms with Gasteiger partial charge < -0.3 is 9.47 Å². The van der Waals surface area contributed by atoms with Crippen LogP contribution in [0.5, 0.6) is 11.5 Å². The summed E-state index contributed by atoms with van der Waals surface area (Å²) in [6.07, 6.45) is 0.482. The lowest BCUT2D eigenvalue weighted by atomic mass is 10.1. The number of ether oxygens (including phenoxy) is 2. The SMILES string of the molecule is COc1ccc(C/C(C)=N\NS(=O)(=O)c2cc(C)ccc2C)cc1OC. The summed E-state index contributed by atoms with van der Waals surface area (Å²) in [7, 11) is -0.560. The maximum atomic E-state index is 12.5. The molecule has 6 nitrogen and oxygen atoms in total. The molecule has 0 bridgehead atoms. The van der Waals surface area contributed by atoms with Crippen molar-refractivity contribution in [1.82, 2.24) is 4.83 Å². The molecule has 0 radical (unpaired) electrons. The van der Waals surface area contributed by atoms with E-state index in [1.165, 1.54) is 0 Å². The van der Waals surface area contributed by atoms with Gasteiger partial charge in [0.15, 0.2) is 11.5 Å². The molecule has 0 aromatic heterocycles. The van der Waals surface area contributed by atoms with Crippen molar-refractivity contribution < 1.29 is 17.9 Å². The molecule has 0 aliphatic heterocycles. The Hall–Kier alpha value is -2.54. The van der Waals surface area contributed by atoms with Gasteiger partial charge in [-0.25, -0.2) is 4.83 Å². The molecule has 0 atom stereocenters. The minimum atomic E-state index is -3.71. The molecule has 1 N–H and O–H groups in total. The topological polar surface area (TPSA) is 77.0 Å². The highest BCUT2D eigenvalue weighted by molar-refractivity contribution is 7.89. The van der Waals surface area contributed by atoms with Crippen molar-refractivity contribution in [1.29, 1.82) is 0 Å². The van der Waals surface area contributed by atoms with Crippen LogP contribution in [0, 0.1) is 13.8 Å². The first-order chi connectivity index (χ1) is 12.3. The van der Waals surface area contributed by atoms with Gasteiger partial charge in [-0.3, -0.25) is 0 Å². The molecule has 7 heteroatoms. The predicted octanol–water partition coefficient (Wildman–Crippen LogP) is 3.22. The molecular formula is C19H24N2O4S. The molecule has 0 heterocycles. The van der Waals surface area contributed by atoms with E-state index >= 15 is 0 Å². The van der Waals surface area contributed by atoms with Gasteiger partial charge in [0.05, 0.1) is 19.1 Å². The van der Waals surface area contributed by atoms with Crippen LogP contribution in [-0.4, -0.2) is 28.3 Å². The van der Waals surface area contributed by atoms with Gasteiger partial charge in [0.1, 0.15) is 0 Å². The van der Waals surface area contributed by atoms with E-state index in [0.29, 0.717) is 29.2 Å². The third-order valence-corrected chi connectivity index (χ3v) is 5.25. The van der Waals surface area contributed by atoms with Crippen LogP contribution in [0.1, 0.15) is 23.6 Å². The van der Waals surface area contributed by atoms with Crippen LogP contribution in [0.3, 0.4) is 0 Å². The summed E-state index contributed by atoms with van der Waals surface area (Å²) in [4.78, 5) is 2.56. The fraction of sp³-hybridized carbons (Fsp3) is 0.316. The van der Waals surface area contributed by atoms with Crippen LogP contribution < -0.4 is 14.3 Å². The number of nitrogens with zero attached hydrogens (tertiary/aromatic N) is 1. The molecule has 0 spiro atoms. The zero-order valence-electron chi connectivity index (χ0n) is 15.7. The Bertz CT molecular complexity index is 921. The normalized spacial score (nSPS) is 12.0. The van der Waals surface area contributed by atoms with Gasteiger partial charge in [-0.15, -0.1) is 0 Å². The fourth-order valence-corrected chi connectivity index (χ4v) is 3.72. The first-order valence-electron chi connectivity index (χ1n) is 8.10. The molecule has 0 aliphatic rings. The zero-order chi connectivity index (χ0) is 19.3. The van der Waals surface area contributed by atoms with E-state index in [2.05, 4.69) is 9.93 Å². The number of nitrogens with one attached hydrogen (secondary N) is 1. The Morgan fingerprint density at radius 3 is 2.38 bits per heavy atom. The van der Waals surface area contributed by atoms with E-state index in [9.17, 15) is 8.42 Å². The second-order valence-electron chi connectivity index (χ2n) is 6.08. The first-order valence-corrected chi connectivity index (χ1v) is 9.58. The van der Waals surface area contributed by atoms with Crippen LogP contribution in [-0.2, 0) is 16.4 Å². The number of rotatable bonds is 7. The van der Waals surface area contributed by atoms with Crippen LogP contribution in [0.25, 0.3) is 0 Å². The monoisotopic (exact) mass is 376 g/mol. The van der Waals surface area contributed by atoms with E-state index in [-0.39, 0.29) is 4.90 Å². The quantitative estimate of drug-likeness (QED) is 0.595. The van der Waals surface area contributed by atoms with Crippen molar-refractivity contribution in [3.8, 4) is 11.5 Å². The van der Waals surface area contributed by atoms with Crippen molar-refractivity contribution in [2.24, 2.45) is 5.10 Å². The Labute approximate surface area is 154 Å². The first kappa shape index (κ1) is 19.8. The van der Waals surface area contributed by atoms with Gasteiger partial charge in [-0.1, -0.05) is 18.2 Å². The van der Waals surface area contributed by atoms with E-state index in [0.717, 1.165) is 11.1 Å². The molecule has 2 rings (SSSR count).